The average Bonchev–Trinajstić information content (AvgIpc) is 2.95. The van der Waals surface area contributed by atoms with Crippen LogP contribution in [0.5, 0.6) is 0 Å². The van der Waals surface area contributed by atoms with Gasteiger partial charge in [0, 0.05) is 6.04 Å². The summed E-state index contributed by atoms with van der Waals surface area (Å²) in [4.78, 5) is 23.2. The second kappa shape index (κ2) is 7.09. The molecule has 1 fully saturated rings. The summed E-state index contributed by atoms with van der Waals surface area (Å²) in [7, 11) is 0. The van der Waals surface area contributed by atoms with Crippen LogP contribution in [0.1, 0.15) is 49.3 Å². The van der Waals surface area contributed by atoms with Crippen LogP contribution in [-0.4, -0.2) is 23.1 Å². The number of aliphatic carboxylic acids is 1. The number of fused-ring (bicyclic) bond motifs is 1. The molecule has 0 radical (unpaired) electrons. The quantitative estimate of drug-likeness (QED) is 0.728. The van der Waals surface area contributed by atoms with E-state index in [0.717, 1.165) is 24.0 Å². The molecule has 1 unspecified atom stereocenters. The number of carboxylic acids is 1. The molecule has 7 heteroatoms. The number of halogens is 2. The van der Waals surface area contributed by atoms with Crippen molar-refractivity contribution in [2.45, 2.75) is 50.6 Å². The summed E-state index contributed by atoms with van der Waals surface area (Å²) in [6, 6.07) is 2.79. The van der Waals surface area contributed by atoms with Crippen LogP contribution < -0.4 is 10.6 Å². The SMILES string of the molecule is O=C(NC1CCC(C(=O)O)CC1)NC1CCc2c1ccc(F)c2Br. The standard InChI is InChI=1S/C17H20BrFN2O3/c18-15-12-6-8-14(11(12)5-7-13(15)19)21-17(24)20-10-3-1-9(2-4-10)16(22)23/h5,7,9-10,14H,1-4,6,8H2,(H,22,23)(H2,20,21,24). The van der Waals surface area contributed by atoms with Gasteiger partial charge in [0.15, 0.2) is 0 Å². The van der Waals surface area contributed by atoms with E-state index in [4.69, 9.17) is 5.11 Å². The van der Waals surface area contributed by atoms with E-state index in [1.165, 1.54) is 6.07 Å². The highest BCUT2D eigenvalue weighted by molar-refractivity contribution is 9.10. The second-order valence-electron chi connectivity index (χ2n) is 6.52. The number of benzene rings is 1. The highest BCUT2D eigenvalue weighted by Gasteiger charge is 2.29. The van der Waals surface area contributed by atoms with E-state index in [1.54, 1.807) is 6.07 Å². The van der Waals surface area contributed by atoms with Crippen molar-refractivity contribution < 1.29 is 19.1 Å². The van der Waals surface area contributed by atoms with Crippen LogP contribution in [0.3, 0.4) is 0 Å². The summed E-state index contributed by atoms with van der Waals surface area (Å²) in [5.41, 5.74) is 1.87. The Balaban J connectivity index is 1.54. The normalized spacial score (nSPS) is 25.8. The summed E-state index contributed by atoms with van der Waals surface area (Å²) in [5.74, 6) is -1.33. The van der Waals surface area contributed by atoms with Gasteiger partial charge in [-0.15, -0.1) is 0 Å². The molecule has 1 aromatic rings. The predicted molar refractivity (Wildman–Crippen MR) is 90.2 cm³/mol. The van der Waals surface area contributed by atoms with Gasteiger partial charge in [-0.3, -0.25) is 4.79 Å². The Kier molecular flexibility index (Phi) is 5.08. The molecule has 1 saturated carbocycles. The first kappa shape index (κ1) is 17.2. The van der Waals surface area contributed by atoms with E-state index in [0.29, 0.717) is 30.2 Å². The second-order valence-corrected chi connectivity index (χ2v) is 7.32. The summed E-state index contributed by atoms with van der Waals surface area (Å²) in [6.07, 6.45) is 4.03. The molecule has 2 aliphatic carbocycles. The van der Waals surface area contributed by atoms with Crippen molar-refractivity contribution in [3.8, 4) is 0 Å². The number of rotatable bonds is 3. The number of hydrogen-bond acceptors (Lipinski definition) is 2. The number of hydrogen-bond donors (Lipinski definition) is 3. The number of nitrogens with one attached hydrogen (secondary N) is 2. The van der Waals surface area contributed by atoms with Gasteiger partial charge in [-0.2, -0.15) is 0 Å². The zero-order valence-electron chi connectivity index (χ0n) is 13.1. The van der Waals surface area contributed by atoms with Crippen molar-refractivity contribution in [2.24, 2.45) is 5.92 Å². The zero-order valence-corrected chi connectivity index (χ0v) is 14.7. The van der Waals surface area contributed by atoms with Gasteiger partial charge in [-0.05, 0) is 71.6 Å². The van der Waals surface area contributed by atoms with Crippen LogP contribution in [0.2, 0.25) is 0 Å². The van der Waals surface area contributed by atoms with E-state index in [2.05, 4.69) is 26.6 Å². The van der Waals surface area contributed by atoms with Crippen molar-refractivity contribution in [3.63, 3.8) is 0 Å². The molecule has 1 aromatic carbocycles. The van der Waals surface area contributed by atoms with Crippen molar-refractivity contribution in [1.29, 1.82) is 0 Å². The van der Waals surface area contributed by atoms with Crippen molar-refractivity contribution in [3.05, 3.63) is 33.5 Å². The lowest BCUT2D eigenvalue weighted by molar-refractivity contribution is -0.142. The highest BCUT2D eigenvalue weighted by Crippen LogP contribution is 2.37. The molecule has 0 heterocycles. The van der Waals surface area contributed by atoms with E-state index in [-0.39, 0.29) is 29.8 Å². The van der Waals surface area contributed by atoms with Gasteiger partial charge in [-0.1, -0.05) is 6.07 Å². The minimum atomic E-state index is -0.752. The summed E-state index contributed by atoms with van der Waals surface area (Å²) < 4.78 is 14.1. The molecular weight excluding hydrogens is 379 g/mol. The van der Waals surface area contributed by atoms with Gasteiger partial charge >= 0.3 is 12.0 Å². The molecule has 3 rings (SSSR count). The lowest BCUT2D eigenvalue weighted by Gasteiger charge is -2.27. The fraction of sp³-hybridized carbons (Fsp3) is 0.529. The molecule has 130 valence electrons. The Morgan fingerprint density at radius 3 is 2.50 bits per heavy atom. The molecule has 3 N–H and O–H groups in total. The Morgan fingerprint density at radius 1 is 1.12 bits per heavy atom. The topological polar surface area (TPSA) is 78.4 Å². The van der Waals surface area contributed by atoms with Crippen LogP contribution >= 0.6 is 15.9 Å². The third kappa shape index (κ3) is 3.55. The first-order valence-electron chi connectivity index (χ1n) is 8.22. The number of carbonyl (C=O) groups is 2. The van der Waals surface area contributed by atoms with Gasteiger partial charge in [0.1, 0.15) is 5.82 Å². The lowest BCUT2D eigenvalue weighted by Crippen LogP contribution is -2.45. The third-order valence-electron chi connectivity index (χ3n) is 5.01. The fourth-order valence-corrected chi connectivity index (χ4v) is 4.21. The van der Waals surface area contributed by atoms with Crippen molar-refractivity contribution in [2.75, 3.05) is 0 Å². The van der Waals surface area contributed by atoms with Crippen LogP contribution in [0.25, 0.3) is 0 Å². The van der Waals surface area contributed by atoms with E-state index >= 15 is 0 Å². The van der Waals surface area contributed by atoms with Gasteiger partial charge in [0.2, 0.25) is 0 Å². The molecule has 0 spiro atoms. The fourth-order valence-electron chi connectivity index (χ4n) is 3.65. The molecular formula is C17H20BrFN2O3. The Bertz CT molecular complexity index is 659. The molecule has 1 atom stereocenters. The highest BCUT2D eigenvalue weighted by atomic mass is 79.9. The minimum Gasteiger partial charge on any atom is -0.481 e. The summed E-state index contributed by atoms with van der Waals surface area (Å²) in [6.45, 7) is 0. The maximum atomic E-state index is 13.6. The smallest absolute Gasteiger partial charge is 0.315 e. The first-order chi connectivity index (χ1) is 11.5. The lowest BCUT2D eigenvalue weighted by atomic mass is 9.86. The molecule has 0 bridgehead atoms. The monoisotopic (exact) mass is 398 g/mol. The van der Waals surface area contributed by atoms with Gasteiger partial charge < -0.3 is 15.7 Å². The van der Waals surface area contributed by atoms with Crippen LogP contribution in [-0.2, 0) is 11.2 Å². The number of urea groups is 1. The molecule has 0 saturated heterocycles. The van der Waals surface area contributed by atoms with Crippen LogP contribution in [0.4, 0.5) is 9.18 Å². The molecule has 2 aliphatic rings. The van der Waals surface area contributed by atoms with E-state index in [9.17, 15) is 14.0 Å². The predicted octanol–water partition coefficient (Wildman–Crippen LogP) is 3.52. The minimum absolute atomic E-state index is 0.0152. The van der Waals surface area contributed by atoms with Gasteiger partial charge in [0.05, 0.1) is 16.4 Å². The summed E-state index contributed by atoms with van der Waals surface area (Å²) >= 11 is 3.27. The van der Waals surface area contributed by atoms with E-state index < -0.39 is 5.97 Å². The Morgan fingerprint density at radius 2 is 1.83 bits per heavy atom. The maximum Gasteiger partial charge on any atom is 0.315 e. The zero-order chi connectivity index (χ0) is 17.3. The van der Waals surface area contributed by atoms with Gasteiger partial charge in [0.25, 0.3) is 0 Å². The number of carboxylic acid groups (broad SMARTS) is 1. The number of amides is 2. The largest absolute Gasteiger partial charge is 0.481 e. The molecule has 2 amide bonds. The summed E-state index contributed by atoms with van der Waals surface area (Å²) in [5, 5.41) is 14.9. The Labute approximate surface area is 148 Å². The van der Waals surface area contributed by atoms with Crippen molar-refractivity contribution in [1.82, 2.24) is 10.6 Å². The van der Waals surface area contributed by atoms with E-state index in [1.807, 2.05) is 0 Å². The maximum absolute atomic E-state index is 13.6. The molecule has 0 aliphatic heterocycles. The number of carbonyl (C=O) groups excluding carboxylic acids is 1. The molecule has 5 nitrogen and oxygen atoms in total. The Hall–Kier alpha value is -1.63. The average molecular weight is 399 g/mol. The molecule has 24 heavy (non-hydrogen) atoms. The third-order valence-corrected chi connectivity index (χ3v) is 5.87. The van der Waals surface area contributed by atoms with Crippen LogP contribution in [0.15, 0.2) is 16.6 Å². The first-order valence-corrected chi connectivity index (χ1v) is 9.01. The van der Waals surface area contributed by atoms with Crippen molar-refractivity contribution >= 4 is 27.9 Å². The van der Waals surface area contributed by atoms with Crippen LogP contribution in [0, 0.1) is 11.7 Å². The molecule has 0 aromatic heterocycles. The van der Waals surface area contributed by atoms with Gasteiger partial charge in [-0.25, -0.2) is 9.18 Å².